The third-order valence-electron chi connectivity index (χ3n) is 4.81. The van der Waals surface area contributed by atoms with Gasteiger partial charge in [0, 0.05) is 37.1 Å². The minimum absolute atomic E-state index is 0.0666. The monoisotopic (exact) mass is 343 g/mol. The van der Waals surface area contributed by atoms with Crippen molar-refractivity contribution in [2.45, 2.75) is 39.2 Å². The maximum Gasteiger partial charge on any atom is 0.228 e. The molecule has 0 bridgehead atoms. The first-order chi connectivity index (χ1) is 12.1. The number of anilines is 2. The van der Waals surface area contributed by atoms with Gasteiger partial charge in [-0.05, 0) is 51.0 Å². The smallest absolute Gasteiger partial charge is 0.228 e. The molecule has 3 rings (SSSR count). The average Bonchev–Trinajstić information content (AvgIpc) is 2.94. The van der Waals surface area contributed by atoms with E-state index in [2.05, 4.69) is 27.5 Å². The molecule has 2 aromatic rings. The molecule has 0 spiro atoms. The van der Waals surface area contributed by atoms with Crippen LogP contribution in [0.2, 0.25) is 0 Å². The number of ether oxygens (including phenoxy) is 1. The molecule has 0 aliphatic carbocycles. The first-order valence-corrected chi connectivity index (χ1v) is 8.66. The zero-order valence-corrected chi connectivity index (χ0v) is 15.0. The number of amides is 1. The summed E-state index contributed by atoms with van der Waals surface area (Å²) in [5.41, 5.74) is 3.60. The van der Waals surface area contributed by atoms with E-state index in [4.69, 9.17) is 9.26 Å². The highest BCUT2D eigenvalue weighted by Gasteiger charge is 2.19. The molecule has 0 atom stereocenters. The van der Waals surface area contributed by atoms with Crippen LogP contribution in [-0.4, -0.2) is 37.4 Å². The van der Waals surface area contributed by atoms with Crippen molar-refractivity contribution >= 4 is 17.3 Å². The number of aryl methyl sites for hydroxylation is 2. The molecule has 1 aliphatic rings. The molecule has 1 aromatic carbocycles. The Morgan fingerprint density at radius 2 is 1.96 bits per heavy atom. The number of methoxy groups -OCH3 is 1. The summed E-state index contributed by atoms with van der Waals surface area (Å²) in [5, 5.41) is 6.82. The van der Waals surface area contributed by atoms with Crippen molar-refractivity contribution in [1.82, 2.24) is 5.16 Å². The summed E-state index contributed by atoms with van der Waals surface area (Å²) >= 11 is 0. The number of hydrogen-bond donors (Lipinski definition) is 1. The van der Waals surface area contributed by atoms with Gasteiger partial charge in [0.1, 0.15) is 5.76 Å². The van der Waals surface area contributed by atoms with E-state index in [0.717, 1.165) is 42.9 Å². The normalized spacial score (nSPS) is 15.4. The van der Waals surface area contributed by atoms with Gasteiger partial charge in [-0.1, -0.05) is 5.16 Å². The van der Waals surface area contributed by atoms with Crippen molar-refractivity contribution in [1.29, 1.82) is 0 Å². The van der Waals surface area contributed by atoms with E-state index < -0.39 is 0 Å². The van der Waals surface area contributed by atoms with E-state index in [1.807, 2.05) is 26.0 Å². The number of hydrogen-bond acceptors (Lipinski definition) is 5. The molecular weight excluding hydrogens is 318 g/mol. The molecule has 2 heterocycles. The minimum Gasteiger partial charge on any atom is -0.381 e. The molecule has 1 aromatic heterocycles. The number of aromatic nitrogens is 1. The molecule has 6 heteroatoms. The molecule has 134 valence electrons. The molecule has 1 fully saturated rings. The lowest BCUT2D eigenvalue weighted by molar-refractivity contribution is -0.115. The molecule has 1 saturated heterocycles. The number of carbonyl (C=O) groups is 1. The minimum atomic E-state index is -0.0666. The lowest BCUT2D eigenvalue weighted by Crippen LogP contribution is -2.36. The lowest BCUT2D eigenvalue weighted by Gasteiger charge is -2.33. The van der Waals surface area contributed by atoms with Gasteiger partial charge in [0.05, 0.1) is 18.2 Å². The Bertz CT molecular complexity index is 697. The summed E-state index contributed by atoms with van der Waals surface area (Å²) in [7, 11) is 1.78. The van der Waals surface area contributed by atoms with E-state index >= 15 is 0 Å². The van der Waals surface area contributed by atoms with Crippen LogP contribution in [0.3, 0.4) is 0 Å². The summed E-state index contributed by atoms with van der Waals surface area (Å²) in [6, 6.07) is 8.00. The Labute approximate surface area is 148 Å². The fourth-order valence-corrected chi connectivity index (χ4v) is 3.23. The predicted molar refractivity (Wildman–Crippen MR) is 97.0 cm³/mol. The number of carbonyl (C=O) groups excluding carboxylic acids is 1. The molecule has 1 N–H and O–H groups in total. The van der Waals surface area contributed by atoms with Crippen molar-refractivity contribution in [3.8, 4) is 0 Å². The van der Waals surface area contributed by atoms with Crippen molar-refractivity contribution in [2.24, 2.45) is 0 Å². The number of benzene rings is 1. The van der Waals surface area contributed by atoms with Gasteiger partial charge in [-0.15, -0.1) is 0 Å². The Morgan fingerprint density at radius 1 is 1.28 bits per heavy atom. The highest BCUT2D eigenvalue weighted by atomic mass is 16.5. The van der Waals surface area contributed by atoms with E-state index in [9.17, 15) is 4.79 Å². The van der Waals surface area contributed by atoms with Crippen molar-refractivity contribution in [2.75, 3.05) is 30.4 Å². The molecule has 0 unspecified atom stereocenters. The molecule has 1 aliphatic heterocycles. The van der Waals surface area contributed by atoms with Crippen molar-refractivity contribution < 1.29 is 14.1 Å². The summed E-state index contributed by atoms with van der Waals surface area (Å²) in [4.78, 5) is 14.6. The number of nitrogens with one attached hydrogen (secondary N) is 1. The fourth-order valence-electron chi connectivity index (χ4n) is 3.23. The maximum absolute atomic E-state index is 12.2. The van der Waals surface area contributed by atoms with E-state index in [1.165, 1.54) is 5.69 Å². The van der Waals surface area contributed by atoms with Crippen LogP contribution in [0.15, 0.2) is 28.8 Å². The van der Waals surface area contributed by atoms with Crippen molar-refractivity contribution in [3.63, 3.8) is 0 Å². The number of rotatable bonds is 5. The third-order valence-corrected chi connectivity index (χ3v) is 4.81. The van der Waals surface area contributed by atoms with Gasteiger partial charge in [0.25, 0.3) is 0 Å². The van der Waals surface area contributed by atoms with Crippen LogP contribution in [-0.2, 0) is 16.0 Å². The van der Waals surface area contributed by atoms with Crippen LogP contribution >= 0.6 is 0 Å². The standard InChI is InChI=1S/C19H25N3O3/c1-13-18(14(2)25-21-13)12-19(23)20-15-4-6-16(7-5-15)22-10-8-17(24-3)9-11-22/h4-7,17H,8-12H2,1-3H3,(H,20,23). The van der Waals surface area contributed by atoms with Gasteiger partial charge in [-0.3, -0.25) is 4.79 Å². The largest absolute Gasteiger partial charge is 0.381 e. The SMILES string of the molecule is COC1CCN(c2ccc(NC(=O)Cc3c(C)noc3C)cc2)CC1. The van der Waals surface area contributed by atoms with Crippen molar-refractivity contribution in [3.05, 3.63) is 41.3 Å². The first kappa shape index (κ1) is 17.5. The summed E-state index contributed by atoms with van der Waals surface area (Å²) < 4.78 is 10.5. The third kappa shape index (κ3) is 4.20. The van der Waals surface area contributed by atoms with Gasteiger partial charge in [-0.2, -0.15) is 0 Å². The molecule has 1 amide bonds. The van der Waals surface area contributed by atoms with Crippen LogP contribution in [0.25, 0.3) is 0 Å². The second-order valence-electron chi connectivity index (χ2n) is 6.50. The fraction of sp³-hybridized carbons (Fsp3) is 0.474. The lowest BCUT2D eigenvalue weighted by atomic mass is 10.1. The first-order valence-electron chi connectivity index (χ1n) is 8.66. The van der Waals surface area contributed by atoms with Crippen LogP contribution in [0.5, 0.6) is 0 Å². The summed E-state index contributed by atoms with van der Waals surface area (Å²) in [6.45, 7) is 5.66. The topological polar surface area (TPSA) is 67.6 Å². The van der Waals surface area contributed by atoms with E-state index in [1.54, 1.807) is 7.11 Å². The van der Waals surface area contributed by atoms with Gasteiger partial charge >= 0.3 is 0 Å². The molecule has 0 radical (unpaired) electrons. The van der Waals surface area contributed by atoms with Gasteiger partial charge in [0.15, 0.2) is 0 Å². The predicted octanol–water partition coefficient (Wildman–Crippen LogP) is 3.09. The Morgan fingerprint density at radius 3 is 2.52 bits per heavy atom. The second-order valence-corrected chi connectivity index (χ2v) is 6.50. The molecule has 0 saturated carbocycles. The molecular formula is C19H25N3O3. The Balaban J connectivity index is 1.56. The van der Waals surface area contributed by atoms with Crippen LogP contribution in [0.1, 0.15) is 29.9 Å². The molecule has 25 heavy (non-hydrogen) atoms. The zero-order chi connectivity index (χ0) is 17.8. The summed E-state index contributed by atoms with van der Waals surface area (Å²) in [5.74, 6) is 0.630. The highest BCUT2D eigenvalue weighted by molar-refractivity contribution is 5.92. The van der Waals surface area contributed by atoms with Crippen LogP contribution in [0, 0.1) is 13.8 Å². The van der Waals surface area contributed by atoms with E-state index in [-0.39, 0.29) is 12.3 Å². The Hall–Kier alpha value is -2.34. The highest BCUT2D eigenvalue weighted by Crippen LogP contribution is 2.23. The summed E-state index contributed by atoms with van der Waals surface area (Å²) in [6.07, 6.45) is 2.74. The number of nitrogens with zero attached hydrogens (tertiary/aromatic N) is 2. The van der Waals surface area contributed by atoms with Gasteiger partial charge in [-0.25, -0.2) is 0 Å². The van der Waals surface area contributed by atoms with Crippen LogP contribution < -0.4 is 10.2 Å². The van der Waals surface area contributed by atoms with Gasteiger partial charge in [0.2, 0.25) is 5.91 Å². The molecule has 6 nitrogen and oxygen atoms in total. The van der Waals surface area contributed by atoms with E-state index in [0.29, 0.717) is 11.9 Å². The van der Waals surface area contributed by atoms with Crippen LogP contribution in [0.4, 0.5) is 11.4 Å². The quantitative estimate of drug-likeness (QED) is 0.903. The van der Waals surface area contributed by atoms with Gasteiger partial charge < -0.3 is 19.5 Å². The second kappa shape index (κ2) is 7.70. The zero-order valence-electron chi connectivity index (χ0n) is 15.0. The maximum atomic E-state index is 12.2. The number of piperidine rings is 1. The average molecular weight is 343 g/mol. The Kier molecular flexibility index (Phi) is 5.38.